The molecule has 0 saturated carbocycles. The summed E-state index contributed by atoms with van der Waals surface area (Å²) in [6, 6.07) is 8.41. The van der Waals surface area contributed by atoms with Crippen LogP contribution >= 0.6 is 23.4 Å². The summed E-state index contributed by atoms with van der Waals surface area (Å²) in [5.41, 5.74) is 5.78. The second-order valence-electron chi connectivity index (χ2n) is 9.29. The Kier molecular flexibility index (Phi) is 8.67. The maximum absolute atomic E-state index is 13.4. The zero-order valence-corrected chi connectivity index (χ0v) is 22.1. The number of hydrogen-bond acceptors (Lipinski definition) is 7. The van der Waals surface area contributed by atoms with Gasteiger partial charge in [-0.3, -0.25) is 24.2 Å². The first-order valence-electron chi connectivity index (χ1n) is 11.9. The lowest BCUT2D eigenvalue weighted by atomic mass is 10.1. The Hall–Kier alpha value is -3.35. The molecule has 0 unspecified atom stereocenters. The highest BCUT2D eigenvalue weighted by atomic mass is 35.5. The minimum Gasteiger partial charge on any atom is -0.380 e. The molecule has 206 valence electrons. The molecule has 13 heteroatoms. The molecule has 2 aromatic carbocycles. The van der Waals surface area contributed by atoms with Gasteiger partial charge in [-0.1, -0.05) is 23.7 Å². The van der Waals surface area contributed by atoms with Crippen molar-refractivity contribution in [1.82, 2.24) is 9.80 Å². The van der Waals surface area contributed by atoms with Crippen LogP contribution in [-0.2, 0) is 22.3 Å². The molecule has 0 spiro atoms. The first-order chi connectivity index (χ1) is 18.4. The molecule has 2 saturated heterocycles. The van der Waals surface area contributed by atoms with Crippen LogP contribution in [-0.4, -0.2) is 59.2 Å². The molecular formula is C26H25ClF3N5O3S. The molecule has 0 aromatic heterocycles. The van der Waals surface area contributed by atoms with E-state index in [1.54, 1.807) is 24.3 Å². The van der Waals surface area contributed by atoms with Crippen LogP contribution < -0.4 is 11.1 Å². The van der Waals surface area contributed by atoms with Gasteiger partial charge in [0, 0.05) is 42.1 Å². The molecule has 39 heavy (non-hydrogen) atoms. The summed E-state index contributed by atoms with van der Waals surface area (Å²) in [6.45, 7) is 1.48. The van der Waals surface area contributed by atoms with Crippen molar-refractivity contribution >= 4 is 58.4 Å². The Bertz CT molecular complexity index is 1350. The van der Waals surface area contributed by atoms with Gasteiger partial charge in [0.1, 0.15) is 0 Å². The Morgan fingerprint density at radius 3 is 2.69 bits per heavy atom. The van der Waals surface area contributed by atoms with Gasteiger partial charge in [-0.2, -0.15) is 13.2 Å². The summed E-state index contributed by atoms with van der Waals surface area (Å²) >= 11 is 6.57. The summed E-state index contributed by atoms with van der Waals surface area (Å²) in [5.74, 6) is -0.795. The van der Waals surface area contributed by atoms with E-state index in [0.29, 0.717) is 29.9 Å². The summed E-state index contributed by atoms with van der Waals surface area (Å²) in [5, 5.41) is 10.3. The SMILES string of the molecule is N=Cc1cc(/C=C2\SC(=O)N(C[C@@H]3CCN(CC(N)=O)C3)C2=O)ccc1NCc1ccc(Cl)cc1C(F)(F)F. The maximum atomic E-state index is 13.4. The number of likely N-dealkylation sites (tertiary alicyclic amines) is 1. The second kappa shape index (κ2) is 11.8. The fourth-order valence-corrected chi connectivity index (χ4v) is 5.62. The number of alkyl halides is 3. The molecule has 8 nitrogen and oxygen atoms in total. The van der Waals surface area contributed by atoms with E-state index in [-0.39, 0.29) is 46.3 Å². The number of halogens is 4. The summed E-state index contributed by atoms with van der Waals surface area (Å²) in [7, 11) is 0. The summed E-state index contributed by atoms with van der Waals surface area (Å²) in [4.78, 5) is 40.0. The van der Waals surface area contributed by atoms with Gasteiger partial charge in [0.2, 0.25) is 5.91 Å². The zero-order chi connectivity index (χ0) is 28.3. The largest absolute Gasteiger partial charge is 0.416 e. The molecular weight excluding hydrogens is 555 g/mol. The lowest BCUT2D eigenvalue weighted by molar-refractivity contribution is -0.138. The number of anilines is 1. The van der Waals surface area contributed by atoms with Crippen molar-refractivity contribution < 1.29 is 27.6 Å². The number of rotatable bonds is 9. The highest BCUT2D eigenvalue weighted by Crippen LogP contribution is 2.36. The van der Waals surface area contributed by atoms with Gasteiger partial charge in [0.15, 0.2) is 0 Å². The number of imide groups is 1. The molecule has 4 N–H and O–H groups in total. The van der Waals surface area contributed by atoms with E-state index < -0.39 is 23.6 Å². The number of carbonyl (C=O) groups is 3. The third-order valence-corrected chi connectivity index (χ3v) is 7.58. The number of carbonyl (C=O) groups excluding carboxylic acids is 3. The predicted octanol–water partition coefficient (Wildman–Crippen LogP) is 4.81. The number of primary amides is 1. The lowest BCUT2D eigenvalue weighted by Crippen LogP contribution is -2.36. The topological polar surface area (TPSA) is 120 Å². The van der Waals surface area contributed by atoms with Crippen LogP contribution in [0.1, 0.15) is 28.7 Å². The summed E-state index contributed by atoms with van der Waals surface area (Å²) < 4.78 is 40.2. The van der Waals surface area contributed by atoms with Crippen molar-refractivity contribution in [3.05, 3.63) is 68.6 Å². The third kappa shape index (κ3) is 7.00. The van der Waals surface area contributed by atoms with Crippen LogP contribution in [0.5, 0.6) is 0 Å². The Morgan fingerprint density at radius 1 is 1.23 bits per heavy atom. The van der Waals surface area contributed by atoms with E-state index in [1.807, 2.05) is 4.90 Å². The average Bonchev–Trinajstić information content (AvgIpc) is 3.41. The number of amides is 3. The number of nitrogens with zero attached hydrogens (tertiary/aromatic N) is 2. The van der Waals surface area contributed by atoms with Gasteiger partial charge in [-0.25, -0.2) is 0 Å². The molecule has 0 bridgehead atoms. The van der Waals surface area contributed by atoms with Crippen LogP contribution in [0.3, 0.4) is 0 Å². The van der Waals surface area contributed by atoms with Crippen molar-refractivity contribution in [1.29, 1.82) is 5.41 Å². The summed E-state index contributed by atoms with van der Waals surface area (Å²) in [6.07, 6.45) is -1.22. The smallest absolute Gasteiger partial charge is 0.380 e. The van der Waals surface area contributed by atoms with Crippen molar-refractivity contribution in [2.24, 2.45) is 11.7 Å². The first-order valence-corrected chi connectivity index (χ1v) is 13.1. The molecule has 2 aliphatic heterocycles. The van der Waals surface area contributed by atoms with E-state index in [0.717, 1.165) is 30.5 Å². The number of hydrogen-bond donors (Lipinski definition) is 3. The molecule has 2 aliphatic rings. The van der Waals surface area contributed by atoms with Gasteiger partial charge >= 0.3 is 6.18 Å². The molecule has 2 fully saturated rings. The fraction of sp³-hybridized carbons (Fsp3) is 0.308. The van der Waals surface area contributed by atoms with Crippen LogP contribution in [0, 0.1) is 11.3 Å². The molecule has 0 aliphatic carbocycles. The van der Waals surface area contributed by atoms with Crippen LogP contribution in [0.15, 0.2) is 41.3 Å². The van der Waals surface area contributed by atoms with Gasteiger partial charge < -0.3 is 16.5 Å². The average molecular weight is 580 g/mol. The molecule has 3 amide bonds. The van der Waals surface area contributed by atoms with E-state index in [4.69, 9.17) is 22.7 Å². The molecule has 0 radical (unpaired) electrons. The monoisotopic (exact) mass is 579 g/mol. The van der Waals surface area contributed by atoms with Crippen LogP contribution in [0.25, 0.3) is 6.08 Å². The van der Waals surface area contributed by atoms with Crippen molar-refractivity contribution in [3.8, 4) is 0 Å². The quantitative estimate of drug-likeness (QED) is 0.290. The maximum Gasteiger partial charge on any atom is 0.416 e. The Balaban J connectivity index is 1.44. The predicted molar refractivity (Wildman–Crippen MR) is 145 cm³/mol. The van der Waals surface area contributed by atoms with Gasteiger partial charge in [0.05, 0.1) is 17.0 Å². The number of benzene rings is 2. The Labute approximate surface area is 231 Å². The molecule has 1 atom stereocenters. The van der Waals surface area contributed by atoms with Gasteiger partial charge in [-0.15, -0.1) is 0 Å². The number of thioether (sulfide) groups is 1. The van der Waals surface area contributed by atoms with Crippen molar-refractivity contribution in [2.45, 2.75) is 19.1 Å². The number of nitrogens with two attached hydrogens (primary N) is 1. The van der Waals surface area contributed by atoms with Gasteiger partial charge in [0.25, 0.3) is 11.1 Å². The van der Waals surface area contributed by atoms with Crippen LogP contribution in [0.4, 0.5) is 23.7 Å². The van der Waals surface area contributed by atoms with Gasteiger partial charge in [-0.05, 0) is 72.1 Å². The normalized spacial score (nSPS) is 19.2. The second-order valence-corrected chi connectivity index (χ2v) is 10.7. The Morgan fingerprint density at radius 2 is 2.00 bits per heavy atom. The van der Waals surface area contributed by atoms with Crippen LogP contribution in [0.2, 0.25) is 5.02 Å². The standard InChI is InChI=1S/C26H25ClF3N5O3S/c27-19-3-2-17(20(9-19)26(28,29)30)11-33-21-4-1-15(7-18(21)10-31)8-22-24(37)35(25(38)39-22)13-16-5-6-34(12-16)14-23(32)36/h1-4,7-10,16,31,33H,5-6,11-14H2,(H2,32,36)/b22-8-,31-10?/t16-/m1/s1. The van der Waals surface area contributed by atoms with Crippen molar-refractivity contribution in [3.63, 3.8) is 0 Å². The van der Waals surface area contributed by atoms with E-state index in [1.165, 1.54) is 17.0 Å². The first kappa shape index (κ1) is 28.7. The van der Waals surface area contributed by atoms with E-state index in [2.05, 4.69) is 5.32 Å². The number of nitrogens with one attached hydrogen (secondary N) is 2. The molecule has 2 aromatic rings. The van der Waals surface area contributed by atoms with Crippen molar-refractivity contribution in [2.75, 3.05) is 31.5 Å². The lowest BCUT2D eigenvalue weighted by Gasteiger charge is -2.18. The third-order valence-electron chi connectivity index (χ3n) is 6.44. The minimum absolute atomic E-state index is 0.000548. The molecule has 4 rings (SSSR count). The highest BCUT2D eigenvalue weighted by Gasteiger charge is 2.38. The van der Waals surface area contributed by atoms with E-state index in [9.17, 15) is 27.6 Å². The van der Waals surface area contributed by atoms with E-state index >= 15 is 0 Å². The molecule has 2 heterocycles. The highest BCUT2D eigenvalue weighted by molar-refractivity contribution is 8.18. The minimum atomic E-state index is -4.57. The fourth-order valence-electron chi connectivity index (χ4n) is 4.60. The zero-order valence-electron chi connectivity index (χ0n) is 20.6.